The summed E-state index contributed by atoms with van der Waals surface area (Å²) in [6.45, 7) is 5.93. The SMILES string of the molecule is C=C(C)CC(N)Cc1ccc2ccccc2c1. The summed E-state index contributed by atoms with van der Waals surface area (Å²) >= 11 is 0. The van der Waals surface area contributed by atoms with Crippen LogP contribution < -0.4 is 5.73 Å². The second-order valence-corrected chi connectivity index (χ2v) is 4.81. The average Bonchev–Trinajstić information content (AvgIpc) is 2.27. The largest absolute Gasteiger partial charge is 0.327 e. The molecule has 0 amide bonds. The zero-order valence-corrected chi connectivity index (χ0v) is 10.3. The summed E-state index contributed by atoms with van der Waals surface area (Å²) in [5, 5.41) is 2.57. The van der Waals surface area contributed by atoms with Gasteiger partial charge in [0.2, 0.25) is 0 Å². The number of fused-ring (bicyclic) bond motifs is 1. The van der Waals surface area contributed by atoms with Gasteiger partial charge in [0, 0.05) is 6.04 Å². The molecule has 2 aromatic carbocycles. The molecule has 0 saturated carbocycles. The van der Waals surface area contributed by atoms with Crippen LogP contribution in [0.15, 0.2) is 54.6 Å². The summed E-state index contributed by atoms with van der Waals surface area (Å²) in [6.07, 6.45) is 1.81. The molecule has 0 spiro atoms. The molecule has 0 fully saturated rings. The smallest absolute Gasteiger partial charge is 0.0116 e. The Morgan fingerprint density at radius 3 is 2.59 bits per heavy atom. The maximum absolute atomic E-state index is 6.09. The third-order valence-electron chi connectivity index (χ3n) is 2.92. The van der Waals surface area contributed by atoms with Crippen molar-refractivity contribution in [3.05, 3.63) is 60.2 Å². The first kappa shape index (κ1) is 11.9. The van der Waals surface area contributed by atoms with E-state index in [1.165, 1.54) is 16.3 Å². The molecular weight excluding hydrogens is 206 g/mol. The van der Waals surface area contributed by atoms with Gasteiger partial charge in [-0.05, 0) is 36.1 Å². The Morgan fingerprint density at radius 2 is 1.88 bits per heavy atom. The summed E-state index contributed by atoms with van der Waals surface area (Å²) in [7, 11) is 0. The summed E-state index contributed by atoms with van der Waals surface area (Å²) < 4.78 is 0. The van der Waals surface area contributed by atoms with Crippen molar-refractivity contribution in [2.24, 2.45) is 5.73 Å². The first-order valence-electron chi connectivity index (χ1n) is 6.03. The molecule has 0 aliphatic rings. The van der Waals surface area contributed by atoms with Crippen LogP contribution in [0.2, 0.25) is 0 Å². The quantitative estimate of drug-likeness (QED) is 0.789. The zero-order chi connectivity index (χ0) is 12.3. The van der Waals surface area contributed by atoms with E-state index in [2.05, 4.69) is 49.0 Å². The Kier molecular flexibility index (Phi) is 3.60. The first-order valence-corrected chi connectivity index (χ1v) is 6.03. The molecule has 0 aromatic heterocycles. The highest BCUT2D eigenvalue weighted by molar-refractivity contribution is 5.82. The van der Waals surface area contributed by atoms with E-state index in [0.29, 0.717) is 0 Å². The minimum absolute atomic E-state index is 0.175. The van der Waals surface area contributed by atoms with E-state index >= 15 is 0 Å². The molecule has 0 radical (unpaired) electrons. The molecule has 2 aromatic rings. The molecule has 1 nitrogen and oxygen atoms in total. The summed E-state index contributed by atoms with van der Waals surface area (Å²) in [5.74, 6) is 0. The topological polar surface area (TPSA) is 26.0 Å². The van der Waals surface area contributed by atoms with Gasteiger partial charge in [0.25, 0.3) is 0 Å². The molecule has 2 N–H and O–H groups in total. The number of nitrogens with two attached hydrogens (primary N) is 1. The van der Waals surface area contributed by atoms with Gasteiger partial charge in [-0.15, -0.1) is 6.58 Å². The predicted octanol–water partition coefficient (Wildman–Crippen LogP) is 3.68. The van der Waals surface area contributed by atoms with Crippen molar-refractivity contribution in [2.75, 3.05) is 0 Å². The summed E-state index contributed by atoms with van der Waals surface area (Å²) in [5.41, 5.74) is 8.54. The van der Waals surface area contributed by atoms with Crippen LogP contribution in [0, 0.1) is 0 Å². The second kappa shape index (κ2) is 5.15. The van der Waals surface area contributed by atoms with Crippen molar-refractivity contribution >= 4 is 10.8 Å². The molecule has 0 bridgehead atoms. The van der Waals surface area contributed by atoms with Crippen molar-refractivity contribution in [2.45, 2.75) is 25.8 Å². The lowest BCUT2D eigenvalue weighted by Crippen LogP contribution is -2.22. The predicted molar refractivity (Wildman–Crippen MR) is 75.1 cm³/mol. The third-order valence-corrected chi connectivity index (χ3v) is 2.92. The Balaban J connectivity index is 2.16. The Hall–Kier alpha value is -1.60. The fraction of sp³-hybridized carbons (Fsp3) is 0.250. The maximum atomic E-state index is 6.09. The van der Waals surface area contributed by atoms with E-state index in [0.717, 1.165) is 18.4 Å². The first-order chi connectivity index (χ1) is 8.15. The Morgan fingerprint density at radius 1 is 1.18 bits per heavy atom. The summed E-state index contributed by atoms with van der Waals surface area (Å²) in [6, 6.07) is 15.1. The van der Waals surface area contributed by atoms with Crippen LogP contribution >= 0.6 is 0 Å². The lowest BCUT2D eigenvalue weighted by atomic mass is 9.99. The molecular formula is C16H19N. The lowest BCUT2D eigenvalue weighted by Gasteiger charge is -2.12. The third kappa shape index (κ3) is 3.18. The van der Waals surface area contributed by atoms with Crippen LogP contribution in [-0.2, 0) is 6.42 Å². The zero-order valence-electron chi connectivity index (χ0n) is 10.3. The van der Waals surface area contributed by atoms with Crippen LogP contribution in [-0.4, -0.2) is 6.04 Å². The number of hydrogen-bond acceptors (Lipinski definition) is 1. The normalized spacial score (nSPS) is 12.6. The van der Waals surface area contributed by atoms with Crippen LogP contribution in [0.3, 0.4) is 0 Å². The fourth-order valence-electron chi connectivity index (χ4n) is 2.19. The highest BCUT2D eigenvalue weighted by atomic mass is 14.6. The van der Waals surface area contributed by atoms with Gasteiger partial charge < -0.3 is 5.73 Å². The van der Waals surface area contributed by atoms with Crippen molar-refractivity contribution < 1.29 is 0 Å². The van der Waals surface area contributed by atoms with Crippen LogP contribution in [0.4, 0.5) is 0 Å². The van der Waals surface area contributed by atoms with Gasteiger partial charge in [0.1, 0.15) is 0 Å². The maximum Gasteiger partial charge on any atom is 0.0116 e. The second-order valence-electron chi connectivity index (χ2n) is 4.81. The van der Waals surface area contributed by atoms with E-state index < -0.39 is 0 Å². The summed E-state index contributed by atoms with van der Waals surface area (Å²) in [4.78, 5) is 0. The van der Waals surface area contributed by atoms with Gasteiger partial charge in [-0.2, -0.15) is 0 Å². The standard InChI is InChI=1S/C16H19N/c1-12(2)9-16(17)11-13-7-8-14-5-3-4-6-15(14)10-13/h3-8,10,16H,1,9,11,17H2,2H3. The highest BCUT2D eigenvalue weighted by Crippen LogP contribution is 2.17. The molecule has 0 aliphatic heterocycles. The van der Waals surface area contributed by atoms with Crippen LogP contribution in [0.1, 0.15) is 18.9 Å². The Labute approximate surface area is 103 Å². The van der Waals surface area contributed by atoms with Crippen LogP contribution in [0.25, 0.3) is 10.8 Å². The lowest BCUT2D eigenvalue weighted by molar-refractivity contribution is 0.662. The van der Waals surface area contributed by atoms with E-state index in [1.807, 2.05) is 6.92 Å². The molecule has 0 saturated heterocycles. The van der Waals surface area contributed by atoms with Gasteiger partial charge in [0.05, 0.1) is 0 Å². The average molecular weight is 225 g/mol. The van der Waals surface area contributed by atoms with Crippen LogP contribution in [0.5, 0.6) is 0 Å². The van der Waals surface area contributed by atoms with Crippen molar-refractivity contribution in [1.29, 1.82) is 0 Å². The monoisotopic (exact) mass is 225 g/mol. The van der Waals surface area contributed by atoms with Gasteiger partial charge in [-0.1, -0.05) is 48.0 Å². The number of rotatable bonds is 4. The molecule has 0 aliphatic carbocycles. The van der Waals surface area contributed by atoms with Crippen molar-refractivity contribution in [1.82, 2.24) is 0 Å². The van der Waals surface area contributed by atoms with Crippen molar-refractivity contribution in [3.8, 4) is 0 Å². The van der Waals surface area contributed by atoms with Gasteiger partial charge in [0.15, 0.2) is 0 Å². The molecule has 88 valence electrons. The fourth-order valence-corrected chi connectivity index (χ4v) is 2.19. The van der Waals surface area contributed by atoms with Gasteiger partial charge in [-0.3, -0.25) is 0 Å². The van der Waals surface area contributed by atoms with Crippen molar-refractivity contribution in [3.63, 3.8) is 0 Å². The molecule has 2 rings (SSSR count). The van der Waals surface area contributed by atoms with E-state index in [4.69, 9.17) is 5.73 Å². The number of benzene rings is 2. The minimum Gasteiger partial charge on any atom is -0.327 e. The minimum atomic E-state index is 0.175. The van der Waals surface area contributed by atoms with E-state index in [1.54, 1.807) is 0 Å². The molecule has 1 unspecified atom stereocenters. The molecule has 0 heterocycles. The van der Waals surface area contributed by atoms with Gasteiger partial charge >= 0.3 is 0 Å². The molecule has 17 heavy (non-hydrogen) atoms. The van der Waals surface area contributed by atoms with Gasteiger partial charge in [-0.25, -0.2) is 0 Å². The van der Waals surface area contributed by atoms with E-state index in [9.17, 15) is 0 Å². The van der Waals surface area contributed by atoms with E-state index in [-0.39, 0.29) is 6.04 Å². The molecule has 1 atom stereocenters. The number of hydrogen-bond donors (Lipinski definition) is 1. The molecule has 1 heteroatoms. The highest BCUT2D eigenvalue weighted by Gasteiger charge is 2.04. The Bertz CT molecular complexity index is 528.